The molecule has 0 aromatic carbocycles. The van der Waals surface area contributed by atoms with E-state index in [-0.39, 0.29) is 13.1 Å². The minimum atomic E-state index is -0.993. The summed E-state index contributed by atoms with van der Waals surface area (Å²) in [6.07, 6.45) is 5.57. The molecule has 5 nitrogen and oxygen atoms in total. The Bertz CT molecular complexity index is 224. The van der Waals surface area contributed by atoms with Crippen LogP contribution in [-0.2, 0) is 9.59 Å². The molecule has 0 bridgehead atoms. The Morgan fingerprint density at radius 2 is 1.62 bits per heavy atom. The van der Waals surface area contributed by atoms with Gasteiger partial charge in [-0.1, -0.05) is 12.5 Å². The van der Waals surface area contributed by atoms with Crippen LogP contribution in [0.15, 0.2) is 12.7 Å². The fourth-order valence-electron chi connectivity index (χ4n) is 1.40. The van der Waals surface area contributed by atoms with Gasteiger partial charge < -0.3 is 10.2 Å². The van der Waals surface area contributed by atoms with Gasteiger partial charge in [0, 0.05) is 0 Å². The molecule has 0 fully saturated rings. The molecule has 2 N–H and O–H groups in total. The predicted molar refractivity (Wildman–Crippen MR) is 60.4 cm³/mol. The zero-order valence-electron chi connectivity index (χ0n) is 9.39. The molecule has 0 unspecified atom stereocenters. The highest BCUT2D eigenvalue weighted by Crippen LogP contribution is 2.02. The summed E-state index contributed by atoms with van der Waals surface area (Å²) in [6.45, 7) is 3.69. The second-order valence-electron chi connectivity index (χ2n) is 3.64. The Kier molecular flexibility index (Phi) is 8.15. The van der Waals surface area contributed by atoms with Crippen molar-refractivity contribution < 1.29 is 19.8 Å². The van der Waals surface area contributed by atoms with E-state index in [0.29, 0.717) is 6.54 Å². The third-order valence-corrected chi connectivity index (χ3v) is 2.10. The molecule has 0 aliphatic carbocycles. The topological polar surface area (TPSA) is 77.8 Å². The summed E-state index contributed by atoms with van der Waals surface area (Å²) in [5, 5.41) is 17.2. The minimum Gasteiger partial charge on any atom is -0.480 e. The van der Waals surface area contributed by atoms with E-state index in [0.717, 1.165) is 25.7 Å². The van der Waals surface area contributed by atoms with Crippen LogP contribution in [0.5, 0.6) is 0 Å². The lowest BCUT2D eigenvalue weighted by Gasteiger charge is -2.17. The molecule has 0 amide bonds. The lowest BCUT2D eigenvalue weighted by atomic mass is 10.2. The van der Waals surface area contributed by atoms with E-state index in [1.807, 2.05) is 6.08 Å². The van der Waals surface area contributed by atoms with Gasteiger partial charge in [0.25, 0.3) is 0 Å². The van der Waals surface area contributed by atoms with Crippen LogP contribution in [-0.4, -0.2) is 46.7 Å². The van der Waals surface area contributed by atoms with Crippen molar-refractivity contribution in [1.82, 2.24) is 4.90 Å². The summed E-state index contributed by atoms with van der Waals surface area (Å²) in [4.78, 5) is 22.4. The summed E-state index contributed by atoms with van der Waals surface area (Å²) in [5.74, 6) is -1.99. The normalized spacial score (nSPS) is 10.3. The van der Waals surface area contributed by atoms with Gasteiger partial charge in [0.05, 0.1) is 13.1 Å². The van der Waals surface area contributed by atoms with Crippen LogP contribution in [0.25, 0.3) is 0 Å². The third-order valence-electron chi connectivity index (χ3n) is 2.10. The van der Waals surface area contributed by atoms with Gasteiger partial charge in [-0.3, -0.25) is 14.5 Å². The first kappa shape index (κ1) is 14.6. The SMILES string of the molecule is C=CCCCCCN(CC(=O)O)CC(=O)O. The van der Waals surface area contributed by atoms with Crippen molar-refractivity contribution in [1.29, 1.82) is 0 Å². The number of rotatable bonds is 10. The first-order valence-corrected chi connectivity index (χ1v) is 5.33. The van der Waals surface area contributed by atoms with Gasteiger partial charge in [-0.05, 0) is 25.8 Å². The lowest BCUT2D eigenvalue weighted by molar-refractivity contribution is -0.141. The largest absolute Gasteiger partial charge is 0.480 e. The highest BCUT2D eigenvalue weighted by Gasteiger charge is 2.12. The molecular weight excluding hydrogens is 210 g/mol. The van der Waals surface area contributed by atoms with Crippen LogP contribution in [0, 0.1) is 0 Å². The molecule has 0 saturated carbocycles. The molecule has 5 heteroatoms. The molecule has 16 heavy (non-hydrogen) atoms. The number of carboxylic acids is 2. The maximum atomic E-state index is 10.5. The molecule has 0 aliphatic rings. The molecule has 0 aromatic heterocycles. The summed E-state index contributed by atoms with van der Waals surface area (Å²) >= 11 is 0. The average Bonchev–Trinajstić information content (AvgIpc) is 2.15. The number of aliphatic carboxylic acids is 2. The third kappa shape index (κ3) is 9.21. The molecule has 0 radical (unpaired) electrons. The first-order valence-electron chi connectivity index (χ1n) is 5.33. The summed E-state index contributed by atoms with van der Waals surface area (Å²) in [5.41, 5.74) is 0. The Hall–Kier alpha value is -1.36. The Morgan fingerprint density at radius 3 is 2.06 bits per heavy atom. The van der Waals surface area contributed by atoms with Gasteiger partial charge in [0.1, 0.15) is 0 Å². The second kappa shape index (κ2) is 8.91. The van der Waals surface area contributed by atoms with Crippen LogP contribution in [0.1, 0.15) is 25.7 Å². The van der Waals surface area contributed by atoms with Crippen LogP contribution < -0.4 is 0 Å². The minimum absolute atomic E-state index is 0.215. The Balaban J connectivity index is 3.77. The van der Waals surface area contributed by atoms with Crippen molar-refractivity contribution in [2.24, 2.45) is 0 Å². The van der Waals surface area contributed by atoms with Gasteiger partial charge in [-0.2, -0.15) is 0 Å². The van der Waals surface area contributed by atoms with Gasteiger partial charge in [-0.25, -0.2) is 0 Å². The molecule has 0 aliphatic heterocycles. The molecular formula is C11H19NO4. The van der Waals surface area contributed by atoms with Crippen molar-refractivity contribution in [2.75, 3.05) is 19.6 Å². The van der Waals surface area contributed by atoms with Crippen LogP contribution in [0.4, 0.5) is 0 Å². The molecule has 0 heterocycles. The highest BCUT2D eigenvalue weighted by atomic mass is 16.4. The van der Waals surface area contributed by atoms with Crippen LogP contribution in [0.2, 0.25) is 0 Å². The van der Waals surface area contributed by atoms with Gasteiger partial charge in [-0.15, -0.1) is 6.58 Å². The molecule has 0 saturated heterocycles. The summed E-state index contributed by atoms with van der Waals surface area (Å²) in [7, 11) is 0. The number of hydrogen-bond acceptors (Lipinski definition) is 3. The fraction of sp³-hybridized carbons (Fsp3) is 0.636. The zero-order chi connectivity index (χ0) is 12.4. The van der Waals surface area contributed by atoms with Crippen molar-refractivity contribution in [3.63, 3.8) is 0 Å². The summed E-state index contributed by atoms with van der Waals surface area (Å²) < 4.78 is 0. The monoisotopic (exact) mass is 229 g/mol. The van der Waals surface area contributed by atoms with Gasteiger partial charge >= 0.3 is 11.9 Å². The number of nitrogens with zero attached hydrogens (tertiary/aromatic N) is 1. The van der Waals surface area contributed by atoms with E-state index in [1.54, 1.807) is 0 Å². The highest BCUT2D eigenvalue weighted by molar-refractivity contribution is 5.72. The van der Waals surface area contributed by atoms with E-state index >= 15 is 0 Å². The molecule has 92 valence electrons. The Labute approximate surface area is 95.4 Å². The summed E-state index contributed by atoms with van der Waals surface area (Å²) in [6, 6.07) is 0. The van der Waals surface area contributed by atoms with Crippen LogP contribution in [0.3, 0.4) is 0 Å². The van der Waals surface area contributed by atoms with Gasteiger partial charge in [0.2, 0.25) is 0 Å². The van der Waals surface area contributed by atoms with Gasteiger partial charge in [0.15, 0.2) is 0 Å². The number of hydrogen-bond donors (Lipinski definition) is 2. The van der Waals surface area contributed by atoms with E-state index < -0.39 is 11.9 Å². The van der Waals surface area contributed by atoms with Crippen molar-refractivity contribution in [3.05, 3.63) is 12.7 Å². The molecule has 0 atom stereocenters. The van der Waals surface area contributed by atoms with Crippen molar-refractivity contribution in [2.45, 2.75) is 25.7 Å². The van der Waals surface area contributed by atoms with Crippen LogP contribution >= 0.6 is 0 Å². The number of carbonyl (C=O) groups is 2. The van der Waals surface area contributed by atoms with Crippen molar-refractivity contribution >= 4 is 11.9 Å². The van der Waals surface area contributed by atoms with Crippen molar-refractivity contribution in [3.8, 4) is 0 Å². The fourth-order valence-corrected chi connectivity index (χ4v) is 1.40. The second-order valence-corrected chi connectivity index (χ2v) is 3.64. The lowest BCUT2D eigenvalue weighted by Crippen LogP contribution is -2.35. The zero-order valence-corrected chi connectivity index (χ0v) is 9.39. The van der Waals surface area contributed by atoms with E-state index in [9.17, 15) is 9.59 Å². The first-order chi connectivity index (χ1) is 7.56. The Morgan fingerprint density at radius 1 is 1.06 bits per heavy atom. The molecule has 0 aromatic rings. The van der Waals surface area contributed by atoms with E-state index in [4.69, 9.17) is 10.2 Å². The number of allylic oxidation sites excluding steroid dienone is 1. The van der Waals surface area contributed by atoms with E-state index in [2.05, 4.69) is 6.58 Å². The van der Waals surface area contributed by atoms with E-state index in [1.165, 1.54) is 4.90 Å². The molecule has 0 spiro atoms. The maximum Gasteiger partial charge on any atom is 0.317 e. The predicted octanol–water partition coefficient (Wildman–Crippen LogP) is 1.20. The quantitative estimate of drug-likeness (QED) is 0.435. The molecule has 0 rings (SSSR count). The maximum absolute atomic E-state index is 10.5. The standard InChI is InChI=1S/C11H19NO4/c1-2-3-4-5-6-7-12(8-10(13)14)9-11(15)16/h2H,1,3-9H2,(H,13,14)(H,15,16). The number of carboxylic acid groups (broad SMARTS) is 2. The number of unbranched alkanes of at least 4 members (excludes halogenated alkanes) is 3. The average molecular weight is 229 g/mol. The smallest absolute Gasteiger partial charge is 0.317 e.